The topological polar surface area (TPSA) is 50.4 Å². The van der Waals surface area contributed by atoms with Crippen LogP contribution in [-0.2, 0) is 0 Å². The summed E-state index contributed by atoms with van der Waals surface area (Å²) in [5.41, 5.74) is 1.66. The van der Waals surface area contributed by atoms with E-state index in [0.717, 1.165) is 11.1 Å². The molecular formula is C8H9N3O. The predicted molar refractivity (Wildman–Crippen MR) is 43.6 cm³/mol. The fourth-order valence-corrected chi connectivity index (χ4v) is 1.17. The normalized spacial score (nSPS) is 13.5. The summed E-state index contributed by atoms with van der Waals surface area (Å²) >= 11 is 0. The standard InChI is InChI=1S/C8H9N3O/c1-6(12)7-4-10-11-3-2-9-5-8(7)11/h2-6,12H,1H3. The third-order valence-electron chi connectivity index (χ3n) is 1.80. The average Bonchev–Trinajstić information content (AvgIpc) is 2.47. The lowest BCUT2D eigenvalue weighted by Crippen LogP contribution is -1.91. The molecule has 12 heavy (non-hydrogen) atoms. The van der Waals surface area contributed by atoms with Crippen LogP contribution in [0.5, 0.6) is 0 Å². The summed E-state index contributed by atoms with van der Waals surface area (Å²) in [5, 5.41) is 13.4. The van der Waals surface area contributed by atoms with Crippen LogP contribution in [0.1, 0.15) is 18.6 Å². The van der Waals surface area contributed by atoms with Crippen molar-refractivity contribution < 1.29 is 5.11 Å². The molecule has 2 aromatic rings. The zero-order valence-corrected chi connectivity index (χ0v) is 6.68. The number of hydrogen-bond donors (Lipinski definition) is 1. The lowest BCUT2D eigenvalue weighted by Gasteiger charge is -1.99. The molecule has 0 aliphatic rings. The molecule has 1 N–H and O–H groups in total. The van der Waals surface area contributed by atoms with Crippen molar-refractivity contribution in [3.8, 4) is 0 Å². The second kappa shape index (κ2) is 2.57. The number of aliphatic hydroxyl groups is 1. The van der Waals surface area contributed by atoms with Gasteiger partial charge in [0.2, 0.25) is 0 Å². The number of rotatable bonds is 1. The number of aromatic nitrogens is 3. The van der Waals surface area contributed by atoms with Crippen molar-refractivity contribution in [3.05, 3.63) is 30.4 Å². The van der Waals surface area contributed by atoms with E-state index in [4.69, 9.17) is 0 Å². The third-order valence-corrected chi connectivity index (χ3v) is 1.80. The van der Waals surface area contributed by atoms with Gasteiger partial charge in [-0.25, -0.2) is 4.52 Å². The van der Waals surface area contributed by atoms with E-state index < -0.39 is 6.10 Å². The molecule has 0 spiro atoms. The summed E-state index contributed by atoms with van der Waals surface area (Å²) in [6, 6.07) is 0. The van der Waals surface area contributed by atoms with E-state index in [1.165, 1.54) is 0 Å². The van der Waals surface area contributed by atoms with Crippen molar-refractivity contribution in [3.63, 3.8) is 0 Å². The number of aliphatic hydroxyl groups excluding tert-OH is 1. The first kappa shape index (κ1) is 7.24. The quantitative estimate of drug-likeness (QED) is 0.676. The van der Waals surface area contributed by atoms with Gasteiger partial charge in [-0.3, -0.25) is 4.98 Å². The first-order chi connectivity index (χ1) is 5.79. The summed E-state index contributed by atoms with van der Waals surface area (Å²) < 4.78 is 1.69. The molecule has 0 fully saturated rings. The highest BCUT2D eigenvalue weighted by Gasteiger charge is 2.07. The van der Waals surface area contributed by atoms with Crippen LogP contribution >= 0.6 is 0 Å². The SMILES string of the molecule is CC(O)c1cnn2ccncc12. The van der Waals surface area contributed by atoms with Gasteiger partial charge < -0.3 is 5.11 Å². The maximum atomic E-state index is 9.33. The molecule has 0 saturated heterocycles. The lowest BCUT2D eigenvalue weighted by molar-refractivity contribution is 0.201. The predicted octanol–water partition coefficient (Wildman–Crippen LogP) is 0.783. The Morgan fingerprint density at radius 1 is 1.50 bits per heavy atom. The van der Waals surface area contributed by atoms with Crippen molar-refractivity contribution in [1.82, 2.24) is 14.6 Å². The fourth-order valence-electron chi connectivity index (χ4n) is 1.17. The second-order valence-corrected chi connectivity index (χ2v) is 2.68. The Hall–Kier alpha value is -1.42. The highest BCUT2D eigenvalue weighted by molar-refractivity contribution is 5.52. The highest BCUT2D eigenvalue weighted by Crippen LogP contribution is 2.16. The van der Waals surface area contributed by atoms with Crippen molar-refractivity contribution in [2.45, 2.75) is 13.0 Å². The smallest absolute Gasteiger partial charge is 0.0902 e. The van der Waals surface area contributed by atoms with E-state index in [2.05, 4.69) is 10.1 Å². The molecule has 1 atom stereocenters. The molecule has 2 heterocycles. The van der Waals surface area contributed by atoms with Gasteiger partial charge in [-0.15, -0.1) is 0 Å². The second-order valence-electron chi connectivity index (χ2n) is 2.68. The van der Waals surface area contributed by atoms with E-state index in [0.29, 0.717) is 0 Å². The average molecular weight is 163 g/mol. The molecule has 0 aromatic carbocycles. The molecule has 4 heteroatoms. The van der Waals surface area contributed by atoms with E-state index >= 15 is 0 Å². The van der Waals surface area contributed by atoms with Gasteiger partial charge in [-0.2, -0.15) is 5.10 Å². The van der Waals surface area contributed by atoms with Crippen LogP contribution in [0.2, 0.25) is 0 Å². The maximum Gasteiger partial charge on any atom is 0.0902 e. The molecule has 0 saturated carbocycles. The minimum Gasteiger partial charge on any atom is -0.389 e. The Morgan fingerprint density at radius 3 is 3.08 bits per heavy atom. The van der Waals surface area contributed by atoms with Gasteiger partial charge in [0.25, 0.3) is 0 Å². The molecule has 2 rings (SSSR count). The fraction of sp³-hybridized carbons (Fsp3) is 0.250. The van der Waals surface area contributed by atoms with Crippen LogP contribution in [-0.4, -0.2) is 19.7 Å². The molecule has 4 nitrogen and oxygen atoms in total. The summed E-state index contributed by atoms with van der Waals surface area (Å²) in [6.45, 7) is 1.71. The van der Waals surface area contributed by atoms with Gasteiger partial charge in [-0.05, 0) is 6.92 Å². The minimum absolute atomic E-state index is 0.494. The van der Waals surface area contributed by atoms with Crippen LogP contribution < -0.4 is 0 Å². The van der Waals surface area contributed by atoms with E-state index in [1.807, 2.05) is 0 Å². The molecule has 2 aromatic heterocycles. The molecule has 0 aliphatic carbocycles. The van der Waals surface area contributed by atoms with Crippen LogP contribution in [0.15, 0.2) is 24.8 Å². The van der Waals surface area contributed by atoms with Crippen LogP contribution in [0.25, 0.3) is 5.52 Å². The van der Waals surface area contributed by atoms with E-state index in [-0.39, 0.29) is 0 Å². The number of hydrogen-bond acceptors (Lipinski definition) is 3. The zero-order valence-electron chi connectivity index (χ0n) is 6.68. The van der Waals surface area contributed by atoms with Crippen molar-refractivity contribution in [2.24, 2.45) is 0 Å². The van der Waals surface area contributed by atoms with Crippen molar-refractivity contribution >= 4 is 5.52 Å². The Labute approximate surface area is 69.5 Å². The van der Waals surface area contributed by atoms with Gasteiger partial charge in [-0.1, -0.05) is 0 Å². The van der Waals surface area contributed by atoms with Gasteiger partial charge in [0.15, 0.2) is 0 Å². The summed E-state index contributed by atoms with van der Waals surface area (Å²) in [6.07, 6.45) is 6.26. The molecule has 1 unspecified atom stereocenters. The summed E-state index contributed by atoms with van der Waals surface area (Å²) in [5.74, 6) is 0. The van der Waals surface area contributed by atoms with E-state index in [1.54, 1.807) is 36.2 Å². The lowest BCUT2D eigenvalue weighted by atomic mass is 10.2. The molecule has 0 amide bonds. The van der Waals surface area contributed by atoms with Crippen LogP contribution in [0.4, 0.5) is 0 Å². The van der Waals surface area contributed by atoms with Gasteiger partial charge in [0, 0.05) is 18.0 Å². The van der Waals surface area contributed by atoms with Crippen molar-refractivity contribution in [2.75, 3.05) is 0 Å². The first-order valence-electron chi connectivity index (χ1n) is 3.74. The largest absolute Gasteiger partial charge is 0.389 e. The minimum atomic E-state index is -0.494. The Bertz CT molecular complexity index is 394. The molecule has 0 aliphatic heterocycles. The van der Waals surface area contributed by atoms with Crippen LogP contribution in [0, 0.1) is 0 Å². The van der Waals surface area contributed by atoms with Gasteiger partial charge in [0.05, 0.1) is 24.0 Å². The van der Waals surface area contributed by atoms with Gasteiger partial charge >= 0.3 is 0 Å². The Kier molecular flexibility index (Phi) is 1.55. The first-order valence-corrected chi connectivity index (χ1v) is 3.74. The summed E-state index contributed by atoms with van der Waals surface area (Å²) in [7, 11) is 0. The molecule has 0 bridgehead atoms. The molecular weight excluding hydrogens is 154 g/mol. The zero-order chi connectivity index (χ0) is 8.55. The maximum absolute atomic E-state index is 9.33. The van der Waals surface area contributed by atoms with E-state index in [9.17, 15) is 5.11 Å². The number of nitrogens with zero attached hydrogens (tertiary/aromatic N) is 3. The summed E-state index contributed by atoms with van der Waals surface area (Å²) in [4.78, 5) is 3.96. The van der Waals surface area contributed by atoms with Gasteiger partial charge in [0.1, 0.15) is 0 Å². The number of fused-ring (bicyclic) bond motifs is 1. The highest BCUT2D eigenvalue weighted by atomic mass is 16.3. The molecule has 0 radical (unpaired) electrons. The van der Waals surface area contributed by atoms with Crippen LogP contribution in [0.3, 0.4) is 0 Å². The third kappa shape index (κ3) is 0.967. The Balaban J connectivity index is 2.70. The van der Waals surface area contributed by atoms with Crippen molar-refractivity contribution in [1.29, 1.82) is 0 Å². The molecule has 62 valence electrons. The monoisotopic (exact) mass is 163 g/mol. The Morgan fingerprint density at radius 2 is 2.33 bits per heavy atom.